The van der Waals surface area contributed by atoms with Crippen LogP contribution in [0.5, 0.6) is 0 Å². The van der Waals surface area contributed by atoms with Crippen molar-refractivity contribution in [1.29, 1.82) is 0 Å². The van der Waals surface area contributed by atoms with Crippen molar-refractivity contribution in [2.75, 3.05) is 18.1 Å². The second kappa shape index (κ2) is 5.48. The topological polar surface area (TPSA) is 64.0 Å². The zero-order chi connectivity index (χ0) is 15.0. The Labute approximate surface area is 121 Å². The van der Waals surface area contributed by atoms with Gasteiger partial charge in [-0.05, 0) is 40.2 Å². The van der Waals surface area contributed by atoms with Crippen LogP contribution in [-0.2, 0) is 15.4 Å². The maximum absolute atomic E-state index is 11.8. The van der Waals surface area contributed by atoms with E-state index in [-0.39, 0.29) is 17.5 Å². The van der Waals surface area contributed by atoms with Crippen molar-refractivity contribution < 1.29 is 8.42 Å². The van der Waals surface area contributed by atoms with Gasteiger partial charge < -0.3 is 5.32 Å². The fraction of sp³-hybridized carbons (Fsp3) is 0.786. The number of nitrogens with zero attached hydrogens (tertiary/aromatic N) is 2. The summed E-state index contributed by atoms with van der Waals surface area (Å²) >= 11 is 0. The van der Waals surface area contributed by atoms with Gasteiger partial charge >= 0.3 is 0 Å². The molecule has 0 saturated carbocycles. The van der Waals surface area contributed by atoms with Gasteiger partial charge in [-0.2, -0.15) is 5.10 Å². The van der Waals surface area contributed by atoms with Crippen molar-refractivity contribution in [3.05, 3.63) is 17.5 Å². The van der Waals surface area contributed by atoms with Crippen LogP contribution in [0.3, 0.4) is 0 Å². The van der Waals surface area contributed by atoms with Gasteiger partial charge in [0.25, 0.3) is 0 Å². The van der Waals surface area contributed by atoms with E-state index in [4.69, 9.17) is 0 Å². The average molecular weight is 299 g/mol. The number of sulfone groups is 1. The Morgan fingerprint density at radius 1 is 1.55 bits per heavy atom. The lowest BCUT2D eigenvalue weighted by Gasteiger charge is -2.25. The van der Waals surface area contributed by atoms with E-state index < -0.39 is 15.4 Å². The maximum Gasteiger partial charge on any atom is 0.152 e. The zero-order valence-electron chi connectivity index (χ0n) is 12.8. The van der Waals surface area contributed by atoms with Crippen molar-refractivity contribution in [2.45, 2.75) is 52.1 Å². The fourth-order valence-corrected chi connectivity index (χ4v) is 5.13. The fourth-order valence-electron chi connectivity index (χ4n) is 3.02. The summed E-state index contributed by atoms with van der Waals surface area (Å²) in [5, 5.41) is 7.93. The molecule has 0 spiro atoms. The molecule has 20 heavy (non-hydrogen) atoms. The highest BCUT2D eigenvalue weighted by molar-refractivity contribution is 7.91. The van der Waals surface area contributed by atoms with Crippen LogP contribution >= 0.6 is 0 Å². The summed E-state index contributed by atoms with van der Waals surface area (Å²) < 4.78 is 25.4. The Hall–Kier alpha value is -0.880. The third kappa shape index (κ3) is 2.91. The first-order valence-electron chi connectivity index (χ1n) is 7.28. The van der Waals surface area contributed by atoms with Crippen molar-refractivity contribution in [3.8, 4) is 0 Å². The minimum absolute atomic E-state index is 0.193. The highest BCUT2D eigenvalue weighted by Gasteiger charge is 2.41. The van der Waals surface area contributed by atoms with Gasteiger partial charge in [0.05, 0.1) is 23.2 Å². The van der Waals surface area contributed by atoms with Gasteiger partial charge in [0.15, 0.2) is 9.84 Å². The van der Waals surface area contributed by atoms with Crippen molar-refractivity contribution in [1.82, 2.24) is 15.1 Å². The number of aromatic nitrogens is 2. The summed E-state index contributed by atoms with van der Waals surface area (Å²) in [6.07, 6.45) is 3.61. The summed E-state index contributed by atoms with van der Waals surface area (Å²) in [7, 11) is -2.92. The molecule has 0 aromatic carbocycles. The summed E-state index contributed by atoms with van der Waals surface area (Å²) in [5.41, 5.74) is 1.83. The Kier molecular flexibility index (Phi) is 4.25. The first kappa shape index (κ1) is 15.5. The van der Waals surface area contributed by atoms with Crippen LogP contribution in [0.1, 0.15) is 50.9 Å². The normalized spacial score (nSPS) is 26.8. The SMILES string of the molecule is CCCNC(C)c1cnn(C2(C)CCS(=O)(=O)C2)c1C. The Bertz CT molecular complexity index is 579. The van der Waals surface area contributed by atoms with Crippen LogP contribution < -0.4 is 5.32 Å². The number of nitrogens with one attached hydrogen (secondary N) is 1. The monoisotopic (exact) mass is 299 g/mol. The summed E-state index contributed by atoms with van der Waals surface area (Å²) in [6, 6.07) is 0.241. The summed E-state index contributed by atoms with van der Waals surface area (Å²) in [5.74, 6) is 0.459. The minimum Gasteiger partial charge on any atom is -0.310 e. The van der Waals surface area contributed by atoms with Gasteiger partial charge in [-0.25, -0.2) is 8.42 Å². The Morgan fingerprint density at radius 2 is 2.25 bits per heavy atom. The molecule has 2 heterocycles. The second-order valence-corrected chi connectivity index (χ2v) is 8.30. The van der Waals surface area contributed by atoms with Crippen LogP contribution in [0, 0.1) is 6.92 Å². The van der Waals surface area contributed by atoms with E-state index >= 15 is 0 Å². The third-order valence-electron chi connectivity index (χ3n) is 4.21. The smallest absolute Gasteiger partial charge is 0.152 e. The third-order valence-corrected chi connectivity index (χ3v) is 6.10. The van der Waals surface area contributed by atoms with E-state index in [1.54, 1.807) is 0 Å². The van der Waals surface area contributed by atoms with Gasteiger partial charge in [-0.3, -0.25) is 4.68 Å². The van der Waals surface area contributed by atoms with E-state index in [2.05, 4.69) is 24.3 Å². The molecular weight excluding hydrogens is 274 g/mol. The molecule has 1 fully saturated rings. The molecule has 0 amide bonds. The molecule has 6 heteroatoms. The van der Waals surface area contributed by atoms with Crippen LogP contribution in [0.25, 0.3) is 0 Å². The molecule has 1 saturated heterocycles. The standard InChI is InChI=1S/C14H25N3O2S/c1-5-7-15-11(2)13-9-16-17(12(13)3)14(4)6-8-20(18,19)10-14/h9,11,15H,5-8,10H2,1-4H3. The lowest BCUT2D eigenvalue weighted by molar-refractivity contribution is 0.321. The largest absolute Gasteiger partial charge is 0.310 e. The predicted octanol–water partition coefficient (Wildman–Crippen LogP) is 1.79. The molecule has 1 aromatic heterocycles. The lowest BCUT2D eigenvalue weighted by Crippen LogP contribution is -2.33. The summed E-state index contributed by atoms with van der Waals surface area (Å²) in [4.78, 5) is 0. The van der Waals surface area contributed by atoms with E-state index in [1.807, 2.05) is 24.7 Å². The molecule has 1 aliphatic rings. The van der Waals surface area contributed by atoms with Crippen LogP contribution in [0.2, 0.25) is 0 Å². The van der Waals surface area contributed by atoms with E-state index in [1.165, 1.54) is 0 Å². The predicted molar refractivity (Wildman–Crippen MR) is 80.6 cm³/mol. The van der Waals surface area contributed by atoms with Gasteiger partial charge in [-0.15, -0.1) is 0 Å². The maximum atomic E-state index is 11.8. The molecule has 1 N–H and O–H groups in total. The van der Waals surface area contributed by atoms with E-state index in [9.17, 15) is 8.42 Å². The molecule has 0 bridgehead atoms. The van der Waals surface area contributed by atoms with Gasteiger partial charge in [0.1, 0.15) is 0 Å². The Balaban J connectivity index is 2.25. The molecule has 2 rings (SSSR count). The molecule has 1 aliphatic heterocycles. The van der Waals surface area contributed by atoms with Crippen molar-refractivity contribution >= 4 is 9.84 Å². The zero-order valence-corrected chi connectivity index (χ0v) is 13.6. The van der Waals surface area contributed by atoms with Crippen LogP contribution in [0.15, 0.2) is 6.20 Å². The molecule has 0 radical (unpaired) electrons. The van der Waals surface area contributed by atoms with Crippen molar-refractivity contribution in [3.63, 3.8) is 0 Å². The molecular formula is C14H25N3O2S. The first-order chi connectivity index (χ1) is 9.29. The number of hydrogen-bond acceptors (Lipinski definition) is 4. The minimum atomic E-state index is -2.92. The first-order valence-corrected chi connectivity index (χ1v) is 9.10. The van der Waals surface area contributed by atoms with Crippen molar-refractivity contribution in [2.24, 2.45) is 0 Å². The highest BCUT2D eigenvalue weighted by Crippen LogP contribution is 2.32. The lowest BCUT2D eigenvalue weighted by atomic mass is 10.0. The van der Waals surface area contributed by atoms with Crippen LogP contribution in [-0.4, -0.2) is 36.2 Å². The van der Waals surface area contributed by atoms with Gasteiger partial charge in [-0.1, -0.05) is 6.92 Å². The summed E-state index contributed by atoms with van der Waals surface area (Å²) in [6.45, 7) is 9.25. The van der Waals surface area contributed by atoms with E-state index in [0.29, 0.717) is 6.42 Å². The average Bonchev–Trinajstić information content (AvgIpc) is 2.88. The van der Waals surface area contributed by atoms with E-state index in [0.717, 1.165) is 24.2 Å². The second-order valence-electron chi connectivity index (χ2n) is 6.11. The molecule has 114 valence electrons. The number of hydrogen-bond donors (Lipinski definition) is 1. The molecule has 5 nitrogen and oxygen atoms in total. The molecule has 2 atom stereocenters. The molecule has 1 aromatic rings. The quantitative estimate of drug-likeness (QED) is 0.900. The van der Waals surface area contributed by atoms with Gasteiger partial charge in [0, 0.05) is 17.3 Å². The molecule has 0 aliphatic carbocycles. The van der Waals surface area contributed by atoms with Gasteiger partial charge in [0.2, 0.25) is 0 Å². The number of rotatable bonds is 5. The van der Waals surface area contributed by atoms with Crippen LogP contribution in [0.4, 0.5) is 0 Å². The Morgan fingerprint density at radius 3 is 2.80 bits per heavy atom. The molecule has 2 unspecified atom stereocenters. The highest BCUT2D eigenvalue weighted by atomic mass is 32.2.